The Hall–Kier alpha value is -1.53. The molecule has 1 saturated heterocycles. The number of benzene rings is 1. The molecule has 0 saturated carbocycles. The summed E-state index contributed by atoms with van der Waals surface area (Å²) in [5.41, 5.74) is 1.11. The number of amides is 1. The molecule has 0 radical (unpaired) electrons. The number of thioether (sulfide) groups is 1. The Kier molecular flexibility index (Phi) is 5.46. The molecule has 24 heavy (non-hydrogen) atoms. The summed E-state index contributed by atoms with van der Waals surface area (Å²) in [6.45, 7) is 4.95. The van der Waals surface area contributed by atoms with Crippen LogP contribution in [-0.4, -0.2) is 37.9 Å². The van der Waals surface area contributed by atoms with E-state index in [0.717, 1.165) is 30.1 Å². The standard InChI is InChI=1S/C17H21ClN4OS/c1-12(2)22-11-19-20-17(22)24-10-16(23)21-8-4-7-15(21)13-5-3-6-14(18)9-13/h3,5-6,9,11-12,15H,4,7-8,10H2,1-2H3. The maximum atomic E-state index is 12.7. The van der Waals surface area contributed by atoms with Crippen LogP contribution in [0.25, 0.3) is 0 Å². The van der Waals surface area contributed by atoms with Crippen LogP contribution in [0.2, 0.25) is 5.02 Å². The van der Waals surface area contributed by atoms with Gasteiger partial charge in [0.1, 0.15) is 6.33 Å². The average molecular weight is 365 g/mol. The molecule has 5 nitrogen and oxygen atoms in total. The van der Waals surface area contributed by atoms with Gasteiger partial charge in [0, 0.05) is 17.6 Å². The number of halogens is 1. The van der Waals surface area contributed by atoms with E-state index < -0.39 is 0 Å². The Morgan fingerprint density at radius 3 is 3.04 bits per heavy atom. The van der Waals surface area contributed by atoms with Crippen LogP contribution >= 0.6 is 23.4 Å². The molecule has 1 aliphatic rings. The fourth-order valence-corrected chi connectivity index (χ4v) is 4.15. The monoisotopic (exact) mass is 364 g/mol. The molecule has 2 aromatic rings. The van der Waals surface area contributed by atoms with Crippen molar-refractivity contribution in [3.63, 3.8) is 0 Å². The van der Waals surface area contributed by atoms with Gasteiger partial charge < -0.3 is 9.47 Å². The second-order valence-electron chi connectivity index (χ2n) is 6.20. The van der Waals surface area contributed by atoms with Crippen molar-refractivity contribution in [2.24, 2.45) is 0 Å². The number of hydrogen-bond donors (Lipinski definition) is 0. The molecule has 1 aliphatic heterocycles. The summed E-state index contributed by atoms with van der Waals surface area (Å²) in [4.78, 5) is 14.7. The number of nitrogens with zero attached hydrogens (tertiary/aromatic N) is 4. The van der Waals surface area contributed by atoms with Crippen molar-refractivity contribution in [2.45, 2.75) is 43.9 Å². The van der Waals surface area contributed by atoms with Crippen molar-refractivity contribution in [1.82, 2.24) is 19.7 Å². The molecular weight excluding hydrogens is 344 g/mol. The maximum Gasteiger partial charge on any atom is 0.233 e. The Morgan fingerprint density at radius 2 is 2.29 bits per heavy atom. The average Bonchev–Trinajstić information content (AvgIpc) is 3.21. The van der Waals surface area contributed by atoms with Crippen LogP contribution in [-0.2, 0) is 4.79 Å². The lowest BCUT2D eigenvalue weighted by Gasteiger charge is -2.25. The molecule has 2 heterocycles. The first kappa shape index (κ1) is 17.3. The molecule has 3 rings (SSSR count). The van der Waals surface area contributed by atoms with Crippen molar-refractivity contribution in [3.05, 3.63) is 41.2 Å². The van der Waals surface area contributed by atoms with Gasteiger partial charge in [-0.1, -0.05) is 35.5 Å². The van der Waals surface area contributed by atoms with Crippen LogP contribution in [0.5, 0.6) is 0 Å². The van der Waals surface area contributed by atoms with Crippen molar-refractivity contribution < 1.29 is 4.79 Å². The molecular formula is C17H21ClN4OS. The first-order chi connectivity index (χ1) is 11.6. The SMILES string of the molecule is CC(C)n1cnnc1SCC(=O)N1CCCC1c1cccc(Cl)c1. The third kappa shape index (κ3) is 3.75. The molecule has 0 spiro atoms. The van der Waals surface area contributed by atoms with Crippen molar-refractivity contribution >= 4 is 29.3 Å². The van der Waals surface area contributed by atoms with E-state index in [4.69, 9.17) is 11.6 Å². The molecule has 7 heteroatoms. The van der Waals surface area contributed by atoms with E-state index in [2.05, 4.69) is 24.0 Å². The van der Waals surface area contributed by atoms with Gasteiger partial charge >= 0.3 is 0 Å². The van der Waals surface area contributed by atoms with Gasteiger partial charge in [0.2, 0.25) is 5.91 Å². The fraction of sp³-hybridized carbons (Fsp3) is 0.471. The second-order valence-corrected chi connectivity index (χ2v) is 7.58. The highest BCUT2D eigenvalue weighted by atomic mass is 35.5. The van der Waals surface area contributed by atoms with E-state index in [1.165, 1.54) is 11.8 Å². The number of likely N-dealkylation sites (tertiary alicyclic amines) is 1. The van der Waals surface area contributed by atoms with Crippen molar-refractivity contribution in [3.8, 4) is 0 Å². The minimum Gasteiger partial charge on any atom is -0.335 e. The lowest BCUT2D eigenvalue weighted by Crippen LogP contribution is -2.32. The molecule has 1 atom stereocenters. The highest BCUT2D eigenvalue weighted by Gasteiger charge is 2.30. The summed E-state index contributed by atoms with van der Waals surface area (Å²) >= 11 is 7.55. The van der Waals surface area contributed by atoms with Gasteiger partial charge in [-0.25, -0.2) is 0 Å². The molecule has 128 valence electrons. The lowest BCUT2D eigenvalue weighted by molar-refractivity contribution is -0.129. The van der Waals surface area contributed by atoms with Gasteiger partial charge in [-0.15, -0.1) is 10.2 Å². The van der Waals surface area contributed by atoms with Gasteiger partial charge in [-0.3, -0.25) is 4.79 Å². The van der Waals surface area contributed by atoms with Gasteiger partial charge in [-0.2, -0.15) is 0 Å². The van der Waals surface area contributed by atoms with Gasteiger partial charge in [-0.05, 0) is 44.4 Å². The first-order valence-corrected chi connectivity index (χ1v) is 9.50. The smallest absolute Gasteiger partial charge is 0.233 e. The van der Waals surface area contributed by atoms with Crippen molar-refractivity contribution in [1.29, 1.82) is 0 Å². The summed E-state index contributed by atoms with van der Waals surface area (Å²) in [7, 11) is 0. The summed E-state index contributed by atoms with van der Waals surface area (Å²) in [5.74, 6) is 0.517. The van der Waals surface area contributed by atoms with E-state index in [1.807, 2.05) is 33.7 Å². The van der Waals surface area contributed by atoms with Crippen molar-refractivity contribution in [2.75, 3.05) is 12.3 Å². The van der Waals surface area contributed by atoms with Crippen LogP contribution in [0.1, 0.15) is 44.3 Å². The fourth-order valence-electron chi connectivity index (χ4n) is 3.02. The number of hydrogen-bond acceptors (Lipinski definition) is 4. The highest BCUT2D eigenvalue weighted by Crippen LogP contribution is 2.33. The van der Waals surface area contributed by atoms with Crippen LogP contribution in [0, 0.1) is 0 Å². The molecule has 0 bridgehead atoms. The predicted molar refractivity (Wildman–Crippen MR) is 96.3 cm³/mol. The quantitative estimate of drug-likeness (QED) is 0.753. The molecule has 1 aromatic carbocycles. The first-order valence-electron chi connectivity index (χ1n) is 8.13. The Labute approximate surface area is 151 Å². The highest BCUT2D eigenvalue weighted by molar-refractivity contribution is 7.99. The molecule has 1 amide bonds. The summed E-state index contributed by atoms with van der Waals surface area (Å²) < 4.78 is 1.98. The molecule has 1 aromatic heterocycles. The van der Waals surface area contributed by atoms with Crippen LogP contribution in [0.4, 0.5) is 0 Å². The number of carbonyl (C=O) groups is 1. The molecule has 0 N–H and O–H groups in total. The van der Waals surface area contributed by atoms with Crippen LogP contribution in [0.15, 0.2) is 35.7 Å². The Balaban J connectivity index is 1.67. The van der Waals surface area contributed by atoms with E-state index in [1.54, 1.807) is 6.33 Å². The van der Waals surface area contributed by atoms with E-state index in [9.17, 15) is 4.79 Å². The zero-order chi connectivity index (χ0) is 17.1. The number of rotatable bonds is 5. The summed E-state index contributed by atoms with van der Waals surface area (Å²) in [6.07, 6.45) is 3.72. The second kappa shape index (κ2) is 7.57. The summed E-state index contributed by atoms with van der Waals surface area (Å²) in [6, 6.07) is 8.22. The minimum absolute atomic E-state index is 0.125. The zero-order valence-electron chi connectivity index (χ0n) is 13.9. The summed E-state index contributed by atoms with van der Waals surface area (Å²) in [5, 5.41) is 9.56. The van der Waals surface area contributed by atoms with E-state index >= 15 is 0 Å². The normalized spacial score (nSPS) is 17.7. The van der Waals surface area contributed by atoms with E-state index in [0.29, 0.717) is 10.8 Å². The van der Waals surface area contributed by atoms with Gasteiger partial charge in [0.15, 0.2) is 5.16 Å². The third-order valence-electron chi connectivity index (χ3n) is 4.23. The van der Waals surface area contributed by atoms with Gasteiger partial charge in [0.25, 0.3) is 0 Å². The van der Waals surface area contributed by atoms with Crippen LogP contribution < -0.4 is 0 Å². The Morgan fingerprint density at radius 1 is 1.46 bits per heavy atom. The van der Waals surface area contributed by atoms with Crippen LogP contribution in [0.3, 0.4) is 0 Å². The molecule has 1 fully saturated rings. The number of aromatic nitrogens is 3. The largest absolute Gasteiger partial charge is 0.335 e. The zero-order valence-corrected chi connectivity index (χ0v) is 15.4. The topological polar surface area (TPSA) is 51.0 Å². The minimum atomic E-state index is 0.125. The van der Waals surface area contributed by atoms with Gasteiger partial charge in [0.05, 0.1) is 11.8 Å². The predicted octanol–water partition coefficient (Wildman–Crippen LogP) is 3.97. The Bertz CT molecular complexity index is 718. The molecule has 1 unspecified atom stereocenters. The van der Waals surface area contributed by atoms with E-state index in [-0.39, 0.29) is 18.0 Å². The number of carbonyl (C=O) groups excluding carboxylic acids is 1. The third-order valence-corrected chi connectivity index (χ3v) is 5.40. The lowest BCUT2D eigenvalue weighted by atomic mass is 10.0. The molecule has 0 aliphatic carbocycles. The maximum absolute atomic E-state index is 12.7.